The van der Waals surface area contributed by atoms with E-state index in [4.69, 9.17) is 6.57 Å². The van der Waals surface area contributed by atoms with Gasteiger partial charge in [-0.15, -0.1) is 5.10 Å². The van der Waals surface area contributed by atoms with Crippen LogP contribution in [0.25, 0.3) is 21.8 Å². The number of rotatable bonds is 4. The van der Waals surface area contributed by atoms with Crippen LogP contribution in [0.15, 0.2) is 30.3 Å². The summed E-state index contributed by atoms with van der Waals surface area (Å²) in [5, 5.41) is 9.68. The zero-order chi connectivity index (χ0) is 22.8. The highest BCUT2D eigenvalue weighted by atomic mass is 19.1. The molecule has 1 aromatic heterocycles. The van der Waals surface area contributed by atoms with Crippen molar-refractivity contribution >= 4 is 40.1 Å². The number of aromatic amines is 1. The van der Waals surface area contributed by atoms with Crippen molar-refractivity contribution < 1.29 is 13.6 Å². The quantitative estimate of drug-likeness (QED) is 0.477. The van der Waals surface area contributed by atoms with Crippen molar-refractivity contribution in [2.45, 2.75) is 6.92 Å². The molecule has 164 valence electrons. The third kappa shape index (κ3) is 4.18. The van der Waals surface area contributed by atoms with Gasteiger partial charge in [-0.1, -0.05) is 6.57 Å². The molecule has 0 spiro atoms. The number of carbonyl (C=O) groups excluding carboxylic acids is 1. The molecule has 1 aliphatic rings. The normalized spacial score (nSPS) is 14.8. The Labute approximate surface area is 184 Å². The van der Waals surface area contributed by atoms with Crippen LogP contribution < -0.4 is 10.2 Å². The average Bonchev–Trinajstić information content (AvgIpc) is 3.18. The lowest BCUT2D eigenvalue weighted by Gasteiger charge is -2.35. The Morgan fingerprint density at radius 3 is 2.69 bits per heavy atom. The molecular weight excluding hydrogens is 414 g/mol. The van der Waals surface area contributed by atoms with Crippen LogP contribution in [0.4, 0.5) is 26.0 Å². The first-order valence-corrected chi connectivity index (χ1v) is 10.1. The van der Waals surface area contributed by atoms with Crippen molar-refractivity contribution in [1.29, 1.82) is 0 Å². The van der Waals surface area contributed by atoms with Crippen LogP contribution in [0.1, 0.15) is 11.1 Å². The molecule has 0 atom stereocenters. The molecule has 0 saturated carbocycles. The van der Waals surface area contributed by atoms with Crippen molar-refractivity contribution in [2.24, 2.45) is 0 Å². The number of aromatic nitrogens is 2. The molecule has 4 rings (SSSR count). The Hall–Kier alpha value is -3.77. The Morgan fingerprint density at radius 2 is 1.97 bits per heavy atom. The molecule has 1 amide bonds. The Balaban J connectivity index is 1.57. The number of nitrogens with zero attached hydrogens (tertiary/aromatic N) is 4. The predicted molar refractivity (Wildman–Crippen MR) is 121 cm³/mol. The first-order valence-electron chi connectivity index (χ1n) is 10.1. The van der Waals surface area contributed by atoms with Gasteiger partial charge < -0.3 is 20.0 Å². The lowest BCUT2D eigenvalue weighted by Crippen LogP contribution is -2.44. The van der Waals surface area contributed by atoms with Gasteiger partial charge in [-0.2, -0.15) is 0 Å². The maximum atomic E-state index is 14.5. The largest absolute Gasteiger partial charge is 0.367 e. The summed E-state index contributed by atoms with van der Waals surface area (Å²) >= 11 is 0. The second-order valence-corrected chi connectivity index (χ2v) is 7.75. The van der Waals surface area contributed by atoms with E-state index in [0.29, 0.717) is 22.2 Å². The summed E-state index contributed by atoms with van der Waals surface area (Å²) in [6, 6.07) is 5.75. The SMILES string of the molecule is [C-]#[N+]c1[nH]nc2cc(/C=C/C(=O)Nc3c(N4CCN(C)CC4)ccc(F)c3C)c(F)cc12. The van der Waals surface area contributed by atoms with E-state index in [0.717, 1.165) is 31.9 Å². The third-order valence-corrected chi connectivity index (χ3v) is 5.65. The molecule has 1 saturated heterocycles. The summed E-state index contributed by atoms with van der Waals surface area (Å²) in [5.74, 6) is -1.33. The van der Waals surface area contributed by atoms with Crippen molar-refractivity contribution in [3.8, 4) is 0 Å². The van der Waals surface area contributed by atoms with Gasteiger partial charge in [0.25, 0.3) is 5.82 Å². The summed E-state index contributed by atoms with van der Waals surface area (Å²) in [5.41, 5.74) is 2.10. The molecule has 2 N–H and O–H groups in total. The molecule has 9 heteroatoms. The molecular formula is C23H22F2N6O. The number of H-pyrrole nitrogens is 1. The zero-order valence-corrected chi connectivity index (χ0v) is 17.7. The van der Waals surface area contributed by atoms with Crippen molar-refractivity contribution in [3.63, 3.8) is 0 Å². The van der Waals surface area contributed by atoms with Crippen LogP contribution in [-0.4, -0.2) is 54.2 Å². The van der Waals surface area contributed by atoms with Gasteiger partial charge in [0.05, 0.1) is 11.4 Å². The number of hydrogen-bond acceptors (Lipinski definition) is 4. The number of likely N-dealkylation sites (N-methyl/N-ethyl adjacent to an activating group) is 1. The number of halogens is 2. The number of amides is 1. The number of nitrogens with one attached hydrogen (secondary N) is 2. The van der Waals surface area contributed by atoms with Gasteiger partial charge in [0.2, 0.25) is 5.91 Å². The van der Waals surface area contributed by atoms with E-state index in [2.05, 4.69) is 30.2 Å². The smallest absolute Gasteiger partial charge is 0.257 e. The molecule has 2 aromatic carbocycles. The minimum Gasteiger partial charge on any atom is -0.367 e. The fraction of sp³-hybridized carbons (Fsp3) is 0.261. The highest BCUT2D eigenvalue weighted by Crippen LogP contribution is 2.32. The number of fused-ring (bicyclic) bond motifs is 1. The van der Waals surface area contributed by atoms with Gasteiger partial charge in [0.1, 0.15) is 17.2 Å². The average molecular weight is 436 g/mol. The van der Waals surface area contributed by atoms with Crippen LogP contribution in [0.2, 0.25) is 0 Å². The number of anilines is 2. The van der Waals surface area contributed by atoms with E-state index in [1.165, 1.54) is 30.4 Å². The van der Waals surface area contributed by atoms with Crippen molar-refractivity contribution in [1.82, 2.24) is 15.1 Å². The van der Waals surface area contributed by atoms with Crippen LogP contribution in [0.3, 0.4) is 0 Å². The lowest BCUT2D eigenvalue weighted by molar-refractivity contribution is -0.111. The van der Waals surface area contributed by atoms with E-state index in [1.807, 2.05) is 7.05 Å². The summed E-state index contributed by atoms with van der Waals surface area (Å²) in [4.78, 5) is 20.2. The highest BCUT2D eigenvalue weighted by molar-refractivity contribution is 6.04. The molecule has 0 radical (unpaired) electrons. The predicted octanol–water partition coefficient (Wildman–Crippen LogP) is 4.10. The lowest BCUT2D eigenvalue weighted by atomic mass is 10.1. The first kappa shape index (κ1) is 21.5. The summed E-state index contributed by atoms with van der Waals surface area (Å²) in [6.45, 7) is 12.0. The second-order valence-electron chi connectivity index (χ2n) is 7.75. The topological polar surface area (TPSA) is 68.6 Å². The first-order chi connectivity index (χ1) is 15.4. The minimum atomic E-state index is -0.576. The van der Waals surface area contributed by atoms with E-state index < -0.39 is 17.5 Å². The van der Waals surface area contributed by atoms with Gasteiger partial charge in [-0.3, -0.25) is 4.79 Å². The van der Waals surface area contributed by atoms with Crippen LogP contribution in [0.5, 0.6) is 0 Å². The summed E-state index contributed by atoms with van der Waals surface area (Å²) in [6.07, 6.45) is 2.53. The van der Waals surface area contributed by atoms with Gasteiger partial charge in [0.15, 0.2) is 0 Å². The van der Waals surface area contributed by atoms with Gasteiger partial charge in [-0.05, 0) is 44.3 Å². The number of piperazine rings is 1. The molecule has 7 nitrogen and oxygen atoms in total. The molecule has 0 bridgehead atoms. The van der Waals surface area contributed by atoms with Crippen molar-refractivity contribution in [3.05, 3.63) is 64.5 Å². The van der Waals surface area contributed by atoms with Crippen molar-refractivity contribution in [2.75, 3.05) is 43.4 Å². The maximum absolute atomic E-state index is 14.5. The van der Waals surface area contributed by atoms with Gasteiger partial charge >= 0.3 is 0 Å². The summed E-state index contributed by atoms with van der Waals surface area (Å²) < 4.78 is 28.7. The highest BCUT2D eigenvalue weighted by Gasteiger charge is 2.20. The fourth-order valence-electron chi connectivity index (χ4n) is 3.72. The molecule has 1 fully saturated rings. The molecule has 3 aromatic rings. The third-order valence-electron chi connectivity index (χ3n) is 5.65. The van der Waals surface area contributed by atoms with Crippen LogP contribution in [0, 0.1) is 25.1 Å². The number of hydrogen-bond donors (Lipinski definition) is 2. The Morgan fingerprint density at radius 1 is 1.22 bits per heavy atom. The minimum absolute atomic E-state index is 0.158. The molecule has 0 unspecified atom stereocenters. The maximum Gasteiger partial charge on any atom is 0.257 e. The van der Waals surface area contributed by atoms with Gasteiger partial charge in [-0.25, -0.2) is 13.9 Å². The summed E-state index contributed by atoms with van der Waals surface area (Å²) in [7, 11) is 2.04. The zero-order valence-electron chi connectivity index (χ0n) is 17.7. The van der Waals surface area contributed by atoms with Crippen LogP contribution in [-0.2, 0) is 4.79 Å². The van der Waals surface area contributed by atoms with E-state index in [1.54, 1.807) is 13.0 Å². The van der Waals surface area contributed by atoms with Gasteiger partial charge in [0, 0.05) is 48.8 Å². The standard InChI is InChI=1S/C23H22F2N6O/c1-14-17(24)5-6-20(31-10-8-30(3)9-11-31)22(14)27-21(32)7-4-15-12-19-16(13-18(15)25)23(26-2)29-28-19/h4-7,12-13H,8-11H2,1,3H3,(H,27,32)(H,28,29)/b7-4+. The van der Waals surface area contributed by atoms with E-state index in [9.17, 15) is 13.6 Å². The Bertz CT molecular complexity index is 1250. The number of benzene rings is 2. The monoisotopic (exact) mass is 436 g/mol. The molecule has 0 aliphatic carbocycles. The fourth-order valence-corrected chi connectivity index (χ4v) is 3.72. The molecule has 2 heterocycles. The van der Waals surface area contributed by atoms with Crippen LogP contribution >= 0.6 is 0 Å². The van der Waals surface area contributed by atoms with E-state index >= 15 is 0 Å². The molecule has 32 heavy (non-hydrogen) atoms. The number of carbonyl (C=O) groups is 1. The molecule has 1 aliphatic heterocycles. The van der Waals surface area contributed by atoms with E-state index in [-0.39, 0.29) is 11.4 Å². The Kier molecular flexibility index (Phi) is 5.88. The second kappa shape index (κ2) is 8.77.